The van der Waals surface area contributed by atoms with Gasteiger partial charge < -0.3 is 9.84 Å². The quantitative estimate of drug-likeness (QED) is 0.346. The molecule has 2 rings (SSSR count). The van der Waals surface area contributed by atoms with Crippen LogP contribution in [0, 0.1) is 0 Å². The van der Waals surface area contributed by atoms with E-state index in [0.29, 0.717) is 17.7 Å². The molecule has 5 nitrogen and oxygen atoms in total. The van der Waals surface area contributed by atoms with Crippen molar-refractivity contribution in [3.8, 4) is 17.2 Å². The summed E-state index contributed by atoms with van der Waals surface area (Å²) >= 11 is 0. The third kappa shape index (κ3) is 8.13. The number of rotatable bonds is 11. The maximum atomic E-state index is 12.4. The molecule has 0 unspecified atom stereocenters. The summed E-state index contributed by atoms with van der Waals surface area (Å²) in [6.07, 6.45) is 8.34. The first-order valence-electron chi connectivity index (χ1n) is 9.46. The average Bonchev–Trinajstić information content (AvgIpc) is 2.62. The molecule has 1 N–H and O–H groups in total. The maximum absolute atomic E-state index is 12.4. The molecule has 2 aromatic carbocycles. The number of hydrogen-bond acceptors (Lipinski definition) is 4. The Labute approximate surface area is 190 Å². The van der Waals surface area contributed by atoms with Crippen LogP contribution < -0.4 is 39.4 Å². The number of ether oxygens (including phenoxy) is 1. The topological polar surface area (TPSA) is 86.7 Å². The van der Waals surface area contributed by atoms with E-state index in [9.17, 15) is 18.1 Å². The molecule has 0 atom stereocenters. The SMILES string of the molecule is CCCCCCCCCc1c([O-])cc(S(=O)(=O)O)cc1Oc1ccccc1.[Na+]. The van der Waals surface area contributed by atoms with Crippen molar-refractivity contribution >= 4 is 10.1 Å². The van der Waals surface area contributed by atoms with E-state index in [1.807, 2.05) is 6.07 Å². The number of hydrogen-bond donors (Lipinski definition) is 1. The van der Waals surface area contributed by atoms with Crippen LogP contribution in [0.25, 0.3) is 0 Å². The molecular weight excluding hydrogens is 387 g/mol. The maximum Gasteiger partial charge on any atom is 1.00 e. The largest absolute Gasteiger partial charge is 1.00 e. The van der Waals surface area contributed by atoms with Gasteiger partial charge in [0.25, 0.3) is 10.1 Å². The van der Waals surface area contributed by atoms with Crippen molar-refractivity contribution in [2.75, 3.05) is 0 Å². The zero-order chi connectivity index (χ0) is 19.7. The molecule has 0 bridgehead atoms. The van der Waals surface area contributed by atoms with Gasteiger partial charge in [0.1, 0.15) is 11.5 Å². The summed E-state index contributed by atoms with van der Waals surface area (Å²) in [7, 11) is -4.47. The molecule has 7 heteroatoms. The molecule has 0 aromatic heterocycles. The first-order valence-corrected chi connectivity index (χ1v) is 10.9. The molecule has 28 heavy (non-hydrogen) atoms. The molecule has 0 aliphatic heterocycles. The van der Waals surface area contributed by atoms with Crippen LogP contribution >= 0.6 is 0 Å². The monoisotopic (exact) mass is 414 g/mol. The summed E-state index contributed by atoms with van der Waals surface area (Å²) in [6.45, 7) is 2.18. The van der Waals surface area contributed by atoms with Crippen LogP contribution in [0.5, 0.6) is 17.2 Å². The normalized spacial score (nSPS) is 11.1. The molecular formula is C21H27NaO5S. The van der Waals surface area contributed by atoms with Crippen molar-refractivity contribution < 1.29 is 52.4 Å². The van der Waals surface area contributed by atoms with Crippen LogP contribution in [0.2, 0.25) is 0 Å². The second-order valence-electron chi connectivity index (χ2n) is 6.66. The Morgan fingerprint density at radius 2 is 1.57 bits per heavy atom. The van der Waals surface area contributed by atoms with Crippen LogP contribution in [0.3, 0.4) is 0 Å². The van der Waals surface area contributed by atoms with Gasteiger partial charge in [0.2, 0.25) is 0 Å². The van der Waals surface area contributed by atoms with Gasteiger partial charge in [0.05, 0.1) is 4.90 Å². The Morgan fingerprint density at radius 3 is 2.18 bits per heavy atom. The smallest absolute Gasteiger partial charge is 0.872 e. The third-order valence-corrected chi connectivity index (χ3v) is 5.27. The summed E-state index contributed by atoms with van der Waals surface area (Å²) in [4.78, 5) is -0.443. The molecule has 2 aromatic rings. The van der Waals surface area contributed by atoms with Crippen molar-refractivity contribution in [1.29, 1.82) is 0 Å². The summed E-state index contributed by atoms with van der Waals surface area (Å²) < 4.78 is 37.9. The second kappa shape index (κ2) is 12.5. The van der Waals surface area contributed by atoms with Crippen LogP contribution in [0.1, 0.15) is 57.4 Å². The fourth-order valence-corrected chi connectivity index (χ4v) is 3.47. The van der Waals surface area contributed by atoms with Crippen molar-refractivity contribution in [1.82, 2.24) is 0 Å². The van der Waals surface area contributed by atoms with Gasteiger partial charge >= 0.3 is 29.6 Å². The summed E-state index contributed by atoms with van der Waals surface area (Å²) in [5.41, 5.74) is 0.444. The molecule has 0 radical (unpaired) electrons. The van der Waals surface area contributed by atoms with Crippen LogP contribution in [-0.2, 0) is 16.5 Å². The predicted molar refractivity (Wildman–Crippen MR) is 104 cm³/mol. The zero-order valence-corrected chi connectivity index (χ0v) is 19.5. The van der Waals surface area contributed by atoms with E-state index in [1.165, 1.54) is 31.7 Å². The van der Waals surface area contributed by atoms with E-state index in [0.717, 1.165) is 25.3 Å². The van der Waals surface area contributed by atoms with Gasteiger partial charge in [-0.25, -0.2) is 0 Å². The Hall–Kier alpha value is -1.05. The van der Waals surface area contributed by atoms with E-state index in [4.69, 9.17) is 4.74 Å². The fraction of sp³-hybridized carbons (Fsp3) is 0.429. The summed E-state index contributed by atoms with van der Waals surface area (Å²) in [6, 6.07) is 11.0. The minimum absolute atomic E-state index is 0. The molecule has 148 valence electrons. The Morgan fingerprint density at radius 1 is 0.964 bits per heavy atom. The van der Waals surface area contributed by atoms with Gasteiger partial charge in [-0.2, -0.15) is 8.42 Å². The first-order chi connectivity index (χ1) is 12.9. The van der Waals surface area contributed by atoms with Gasteiger partial charge in [0.15, 0.2) is 0 Å². The van der Waals surface area contributed by atoms with E-state index < -0.39 is 20.8 Å². The predicted octanol–water partition coefficient (Wildman–Crippen LogP) is 2.10. The third-order valence-electron chi connectivity index (χ3n) is 4.44. The molecule has 0 aliphatic carbocycles. The van der Waals surface area contributed by atoms with Gasteiger partial charge in [0, 0.05) is 6.07 Å². The van der Waals surface area contributed by atoms with Crippen molar-refractivity contribution in [3.63, 3.8) is 0 Å². The molecule has 0 spiro atoms. The minimum Gasteiger partial charge on any atom is -0.872 e. The molecule has 0 aliphatic rings. The molecule has 0 fully saturated rings. The molecule has 0 saturated heterocycles. The van der Waals surface area contributed by atoms with E-state index in [1.54, 1.807) is 24.3 Å². The van der Waals surface area contributed by atoms with Crippen molar-refractivity contribution in [3.05, 3.63) is 48.0 Å². The van der Waals surface area contributed by atoms with Gasteiger partial charge in [-0.1, -0.05) is 63.6 Å². The Kier molecular flexibility index (Phi) is 11.2. The molecule has 0 amide bonds. The standard InChI is InChI=1S/C21H28O5S.Na/c1-2-3-4-5-6-7-11-14-19-20(22)15-18(27(23,24)25)16-21(19)26-17-12-9-8-10-13-17;/h8-10,12-13,15-16,22H,2-7,11,14H2,1H3,(H,23,24,25);/q;+1/p-1. The van der Waals surface area contributed by atoms with E-state index in [2.05, 4.69) is 6.92 Å². The van der Waals surface area contributed by atoms with Crippen LogP contribution in [0.15, 0.2) is 47.4 Å². The van der Waals surface area contributed by atoms with Crippen molar-refractivity contribution in [2.45, 2.75) is 63.2 Å². The second-order valence-corrected chi connectivity index (χ2v) is 8.08. The average molecular weight is 414 g/mol. The van der Waals surface area contributed by atoms with Gasteiger partial charge in [-0.3, -0.25) is 4.55 Å². The minimum atomic E-state index is -4.47. The van der Waals surface area contributed by atoms with E-state index in [-0.39, 0.29) is 35.3 Å². The number of unbranched alkanes of at least 4 members (excludes halogenated alkanes) is 6. The van der Waals surface area contributed by atoms with E-state index >= 15 is 0 Å². The molecule has 0 saturated carbocycles. The van der Waals surface area contributed by atoms with Crippen LogP contribution in [0.4, 0.5) is 0 Å². The first kappa shape index (κ1) is 25.0. The van der Waals surface area contributed by atoms with Crippen molar-refractivity contribution in [2.24, 2.45) is 0 Å². The van der Waals surface area contributed by atoms with Gasteiger partial charge in [-0.05, 0) is 36.6 Å². The Balaban J connectivity index is 0.00000392. The molecule has 0 heterocycles. The number of para-hydroxylation sites is 1. The summed E-state index contributed by atoms with van der Waals surface area (Å²) in [5.74, 6) is 0.263. The number of benzene rings is 2. The summed E-state index contributed by atoms with van der Waals surface area (Å²) in [5, 5.41) is 12.4. The zero-order valence-electron chi connectivity index (χ0n) is 16.7. The fourth-order valence-electron chi connectivity index (χ4n) is 2.96. The van der Waals surface area contributed by atoms with Gasteiger partial charge in [-0.15, -0.1) is 5.75 Å². The van der Waals surface area contributed by atoms with Crippen LogP contribution in [-0.4, -0.2) is 13.0 Å². The Bertz CT molecular complexity index is 822.